The summed E-state index contributed by atoms with van der Waals surface area (Å²) in [5.74, 6) is -0.241. The van der Waals surface area contributed by atoms with Crippen LogP contribution in [0.3, 0.4) is 0 Å². The van der Waals surface area contributed by atoms with E-state index in [2.05, 4.69) is 11.3 Å². The molecule has 8 heteroatoms. The second-order valence-corrected chi connectivity index (χ2v) is 3.89. The van der Waals surface area contributed by atoms with E-state index in [0.29, 0.717) is 0 Å². The van der Waals surface area contributed by atoms with Gasteiger partial charge in [-0.3, -0.25) is 0 Å². The summed E-state index contributed by atoms with van der Waals surface area (Å²) in [6.45, 7) is 1.35. The molecule has 1 N–H and O–H groups in total. The molecule has 0 bridgehead atoms. The number of halogens is 6. The maximum atomic E-state index is 12.4. The minimum absolute atomic E-state index is 0.208. The Morgan fingerprint density at radius 1 is 1.05 bits per heavy atom. The third-order valence-corrected chi connectivity index (χ3v) is 2.51. The van der Waals surface area contributed by atoms with E-state index in [4.69, 9.17) is 5.11 Å². The lowest BCUT2D eigenvalue weighted by Crippen LogP contribution is -2.60. The number of ether oxygens (including phenoxy) is 1. The van der Waals surface area contributed by atoms with Gasteiger partial charge in [-0.1, -0.05) is 30.9 Å². The first-order chi connectivity index (χ1) is 9.03. The number of hydrogen-bond acceptors (Lipinski definition) is 2. The standard InChI is InChI=1S/C12H10F6O2/c1-2-8-5-3-4-6-9(8)20-7-10(19,11(13,14)15)12(16,17)18/h2-6,19H,1,7H2. The number of alkyl halides is 6. The van der Waals surface area contributed by atoms with Crippen molar-refractivity contribution in [3.8, 4) is 5.75 Å². The van der Waals surface area contributed by atoms with Crippen molar-refractivity contribution in [1.82, 2.24) is 0 Å². The third kappa shape index (κ3) is 3.06. The lowest BCUT2D eigenvalue weighted by atomic mass is 10.0. The lowest BCUT2D eigenvalue weighted by molar-refractivity contribution is -0.373. The van der Waals surface area contributed by atoms with Gasteiger partial charge in [0.25, 0.3) is 5.60 Å². The van der Waals surface area contributed by atoms with E-state index in [1.807, 2.05) is 0 Å². The lowest BCUT2D eigenvalue weighted by Gasteiger charge is -2.32. The van der Waals surface area contributed by atoms with Crippen LogP contribution in [-0.4, -0.2) is 29.7 Å². The Kier molecular flexibility index (Phi) is 4.38. The molecular formula is C12H10F6O2. The topological polar surface area (TPSA) is 29.5 Å². The predicted octanol–water partition coefficient (Wildman–Crippen LogP) is 3.56. The fourth-order valence-corrected chi connectivity index (χ4v) is 1.29. The van der Waals surface area contributed by atoms with Crippen molar-refractivity contribution in [3.63, 3.8) is 0 Å². The maximum Gasteiger partial charge on any atom is 0.429 e. The van der Waals surface area contributed by atoms with Crippen molar-refractivity contribution in [2.75, 3.05) is 6.61 Å². The second kappa shape index (κ2) is 5.35. The first-order valence-corrected chi connectivity index (χ1v) is 5.23. The van der Waals surface area contributed by atoms with Gasteiger partial charge in [0.05, 0.1) is 0 Å². The van der Waals surface area contributed by atoms with Crippen molar-refractivity contribution in [3.05, 3.63) is 36.4 Å². The highest BCUT2D eigenvalue weighted by molar-refractivity contribution is 5.55. The van der Waals surface area contributed by atoms with Crippen LogP contribution in [0.1, 0.15) is 5.56 Å². The fraction of sp³-hybridized carbons (Fsp3) is 0.333. The molecule has 2 nitrogen and oxygen atoms in total. The predicted molar refractivity (Wildman–Crippen MR) is 59.1 cm³/mol. The quantitative estimate of drug-likeness (QED) is 0.862. The Hall–Kier alpha value is -1.70. The Bertz CT molecular complexity index is 464. The van der Waals surface area contributed by atoms with Gasteiger partial charge in [-0.15, -0.1) is 0 Å². The zero-order valence-electron chi connectivity index (χ0n) is 9.92. The van der Waals surface area contributed by atoms with Crippen molar-refractivity contribution in [2.45, 2.75) is 18.0 Å². The number of hydrogen-bond donors (Lipinski definition) is 1. The first kappa shape index (κ1) is 16.4. The van der Waals surface area contributed by atoms with Crippen LogP contribution in [0.4, 0.5) is 26.3 Å². The van der Waals surface area contributed by atoms with E-state index in [9.17, 15) is 26.3 Å². The Morgan fingerprint density at radius 3 is 2.00 bits per heavy atom. The van der Waals surface area contributed by atoms with Gasteiger partial charge in [0, 0.05) is 5.56 Å². The minimum atomic E-state index is -5.91. The number of benzene rings is 1. The average molecular weight is 300 g/mol. The Labute approximate surface area is 110 Å². The van der Waals surface area contributed by atoms with Gasteiger partial charge in [-0.05, 0) is 6.07 Å². The van der Waals surface area contributed by atoms with Gasteiger partial charge in [0.1, 0.15) is 12.4 Å². The van der Waals surface area contributed by atoms with E-state index >= 15 is 0 Å². The first-order valence-electron chi connectivity index (χ1n) is 5.23. The molecule has 0 aliphatic rings. The molecule has 0 amide bonds. The molecule has 0 fully saturated rings. The molecule has 0 aromatic heterocycles. The van der Waals surface area contributed by atoms with E-state index in [-0.39, 0.29) is 11.3 Å². The minimum Gasteiger partial charge on any atom is -0.489 e. The highest BCUT2D eigenvalue weighted by Gasteiger charge is 2.71. The average Bonchev–Trinajstić information content (AvgIpc) is 2.33. The van der Waals surface area contributed by atoms with Crippen LogP contribution >= 0.6 is 0 Å². The summed E-state index contributed by atoms with van der Waals surface area (Å²) < 4.78 is 79.0. The second-order valence-electron chi connectivity index (χ2n) is 3.89. The van der Waals surface area contributed by atoms with E-state index in [1.165, 1.54) is 30.3 Å². The molecule has 112 valence electrons. The molecule has 20 heavy (non-hydrogen) atoms. The summed E-state index contributed by atoms with van der Waals surface area (Å²) in [5, 5.41) is 8.91. The number of para-hydroxylation sites is 1. The molecule has 0 saturated carbocycles. The maximum absolute atomic E-state index is 12.4. The van der Waals surface area contributed by atoms with E-state index in [1.54, 1.807) is 0 Å². The summed E-state index contributed by atoms with van der Waals surface area (Å²) in [5.41, 5.74) is -4.73. The van der Waals surface area contributed by atoms with Gasteiger partial charge in [-0.2, -0.15) is 26.3 Å². The van der Waals surface area contributed by atoms with E-state index < -0.39 is 24.6 Å². The van der Waals surface area contributed by atoms with Gasteiger partial charge in [0.2, 0.25) is 0 Å². The Balaban J connectivity index is 3.02. The van der Waals surface area contributed by atoms with Crippen molar-refractivity contribution >= 4 is 6.08 Å². The zero-order chi connectivity index (χ0) is 15.6. The van der Waals surface area contributed by atoms with Crippen LogP contribution in [0.25, 0.3) is 6.08 Å². The summed E-state index contributed by atoms with van der Waals surface area (Å²) in [4.78, 5) is 0. The van der Waals surface area contributed by atoms with Gasteiger partial charge >= 0.3 is 12.4 Å². The molecule has 0 radical (unpaired) electrons. The molecule has 0 atom stereocenters. The van der Waals surface area contributed by atoms with Crippen molar-refractivity contribution in [1.29, 1.82) is 0 Å². The summed E-state index contributed by atoms with van der Waals surface area (Å²) in [6.07, 6.45) is -10.6. The molecule has 0 aliphatic heterocycles. The van der Waals surface area contributed by atoms with Crippen LogP contribution in [-0.2, 0) is 0 Å². The van der Waals surface area contributed by atoms with Crippen LogP contribution in [0.5, 0.6) is 5.75 Å². The van der Waals surface area contributed by atoms with Crippen LogP contribution in [0.2, 0.25) is 0 Å². The Morgan fingerprint density at radius 2 is 1.55 bits per heavy atom. The van der Waals surface area contributed by atoms with Gasteiger partial charge in [-0.25, -0.2) is 0 Å². The smallest absolute Gasteiger partial charge is 0.429 e. The number of rotatable bonds is 4. The summed E-state index contributed by atoms with van der Waals surface area (Å²) >= 11 is 0. The molecule has 1 aromatic rings. The zero-order valence-corrected chi connectivity index (χ0v) is 9.92. The molecule has 0 aliphatic carbocycles. The molecular weight excluding hydrogens is 290 g/mol. The van der Waals surface area contributed by atoms with Crippen molar-refractivity contribution in [2.24, 2.45) is 0 Å². The van der Waals surface area contributed by atoms with Gasteiger partial charge in [0.15, 0.2) is 0 Å². The van der Waals surface area contributed by atoms with Crippen LogP contribution in [0.15, 0.2) is 30.8 Å². The largest absolute Gasteiger partial charge is 0.489 e. The van der Waals surface area contributed by atoms with Gasteiger partial charge < -0.3 is 9.84 Å². The van der Waals surface area contributed by atoms with Crippen molar-refractivity contribution < 1.29 is 36.2 Å². The molecule has 1 rings (SSSR count). The summed E-state index contributed by atoms with van der Waals surface area (Å²) in [6, 6.07) is 5.43. The molecule has 0 saturated heterocycles. The number of aliphatic hydroxyl groups is 1. The normalized spacial score (nSPS) is 13.2. The molecule has 0 spiro atoms. The van der Waals surface area contributed by atoms with Crippen LogP contribution in [0, 0.1) is 0 Å². The monoisotopic (exact) mass is 300 g/mol. The summed E-state index contributed by atoms with van der Waals surface area (Å²) in [7, 11) is 0. The fourth-order valence-electron chi connectivity index (χ4n) is 1.29. The molecule has 0 unspecified atom stereocenters. The molecule has 0 heterocycles. The van der Waals surface area contributed by atoms with E-state index in [0.717, 1.165) is 0 Å². The van der Waals surface area contributed by atoms with Crippen LogP contribution < -0.4 is 4.74 Å². The third-order valence-electron chi connectivity index (χ3n) is 2.51. The highest BCUT2D eigenvalue weighted by atomic mass is 19.4. The SMILES string of the molecule is C=Cc1ccccc1OCC(O)(C(F)(F)F)C(F)(F)F. The highest BCUT2D eigenvalue weighted by Crippen LogP contribution is 2.43. The molecule has 1 aromatic carbocycles.